The summed E-state index contributed by atoms with van der Waals surface area (Å²) in [6.07, 6.45) is 0. The summed E-state index contributed by atoms with van der Waals surface area (Å²) in [5.41, 5.74) is 3.55. The van der Waals surface area contributed by atoms with E-state index < -0.39 is 0 Å². The molecule has 4 heteroatoms. The lowest BCUT2D eigenvalue weighted by Gasteiger charge is -2.04. The van der Waals surface area contributed by atoms with Crippen LogP contribution in [0.25, 0.3) is 11.1 Å². The van der Waals surface area contributed by atoms with Crippen molar-refractivity contribution in [3.63, 3.8) is 0 Å². The molecule has 3 aromatic rings. The zero-order chi connectivity index (χ0) is 14.7. The topological polar surface area (TPSA) is 35.8 Å². The second-order valence-corrected chi connectivity index (χ2v) is 5.78. The summed E-state index contributed by atoms with van der Waals surface area (Å²) in [4.78, 5) is 0. The highest BCUT2D eigenvalue weighted by Crippen LogP contribution is 2.36. The van der Waals surface area contributed by atoms with Crippen LogP contribution in [0.3, 0.4) is 0 Å². The third kappa shape index (κ3) is 2.92. The molecule has 2 nitrogen and oxygen atoms in total. The Morgan fingerprint density at radius 2 is 1.71 bits per heavy atom. The van der Waals surface area contributed by atoms with E-state index in [9.17, 15) is 5.26 Å². The first-order chi connectivity index (χ1) is 10.3. The van der Waals surface area contributed by atoms with Crippen LogP contribution in [-0.2, 0) is 0 Å². The highest BCUT2D eigenvalue weighted by Gasteiger charge is 2.13. The average Bonchev–Trinajstić information content (AvgIpc) is 2.92. The molecule has 0 aliphatic rings. The fourth-order valence-corrected chi connectivity index (χ4v) is 3.12. The predicted molar refractivity (Wildman–Crippen MR) is 89.2 cm³/mol. The molecular weight excluding hydrogens is 300 g/mol. The summed E-state index contributed by atoms with van der Waals surface area (Å²) in [6.45, 7) is 0. The Kier molecular flexibility index (Phi) is 3.92. The SMILES string of the molecule is N#Cc1c(-c2ccc(Cl)cc2)csc1Nc1ccccc1. The summed E-state index contributed by atoms with van der Waals surface area (Å²) in [5, 5.41) is 16.3. The van der Waals surface area contributed by atoms with E-state index in [4.69, 9.17) is 11.6 Å². The van der Waals surface area contributed by atoms with Gasteiger partial charge in [-0.3, -0.25) is 0 Å². The predicted octanol–water partition coefficient (Wildman–Crippen LogP) is 5.68. The number of hydrogen-bond acceptors (Lipinski definition) is 3. The molecule has 0 saturated carbocycles. The standard InChI is InChI=1S/C17H11ClN2S/c18-13-8-6-12(7-9-13)16-11-21-17(15(16)10-19)20-14-4-2-1-3-5-14/h1-9,11,20H. The van der Waals surface area contributed by atoms with Gasteiger partial charge in [-0.05, 0) is 29.8 Å². The van der Waals surface area contributed by atoms with Crippen molar-refractivity contribution < 1.29 is 0 Å². The molecule has 0 spiro atoms. The molecule has 1 heterocycles. The van der Waals surface area contributed by atoms with Crippen LogP contribution in [0.5, 0.6) is 0 Å². The van der Waals surface area contributed by atoms with Crippen molar-refractivity contribution in [2.24, 2.45) is 0 Å². The Balaban J connectivity index is 1.98. The van der Waals surface area contributed by atoms with E-state index in [0.29, 0.717) is 10.6 Å². The van der Waals surface area contributed by atoms with Crippen molar-refractivity contribution in [2.45, 2.75) is 0 Å². The number of benzene rings is 2. The summed E-state index contributed by atoms with van der Waals surface area (Å²) in [5.74, 6) is 0. The lowest BCUT2D eigenvalue weighted by atomic mass is 10.1. The number of para-hydroxylation sites is 1. The van der Waals surface area contributed by atoms with Gasteiger partial charge in [0, 0.05) is 21.7 Å². The quantitative estimate of drug-likeness (QED) is 0.675. The number of hydrogen-bond donors (Lipinski definition) is 1. The van der Waals surface area contributed by atoms with Crippen molar-refractivity contribution in [1.29, 1.82) is 5.26 Å². The van der Waals surface area contributed by atoms with E-state index in [2.05, 4.69) is 11.4 Å². The summed E-state index contributed by atoms with van der Waals surface area (Å²) in [6, 6.07) is 19.6. The minimum atomic E-state index is 0.658. The lowest BCUT2D eigenvalue weighted by molar-refractivity contribution is 1.49. The Bertz CT molecular complexity index is 786. The molecular formula is C17H11ClN2S. The average molecular weight is 311 g/mol. The molecule has 21 heavy (non-hydrogen) atoms. The van der Waals surface area contributed by atoms with Crippen LogP contribution < -0.4 is 5.32 Å². The molecule has 2 aromatic carbocycles. The van der Waals surface area contributed by atoms with Gasteiger partial charge in [0.15, 0.2) is 0 Å². The number of halogens is 1. The fraction of sp³-hybridized carbons (Fsp3) is 0. The normalized spacial score (nSPS) is 10.1. The Morgan fingerprint density at radius 3 is 2.38 bits per heavy atom. The van der Waals surface area contributed by atoms with E-state index in [-0.39, 0.29) is 0 Å². The molecule has 0 unspecified atom stereocenters. The maximum Gasteiger partial charge on any atom is 0.111 e. The molecule has 3 rings (SSSR count). The maximum atomic E-state index is 9.47. The van der Waals surface area contributed by atoms with Gasteiger partial charge in [-0.15, -0.1) is 11.3 Å². The van der Waals surface area contributed by atoms with Gasteiger partial charge in [-0.1, -0.05) is 41.9 Å². The second kappa shape index (κ2) is 6.01. The van der Waals surface area contributed by atoms with E-state index in [1.54, 1.807) is 0 Å². The lowest BCUT2D eigenvalue weighted by Crippen LogP contribution is -1.90. The first-order valence-electron chi connectivity index (χ1n) is 6.37. The van der Waals surface area contributed by atoms with E-state index in [0.717, 1.165) is 21.8 Å². The number of thiophene rings is 1. The Hall–Kier alpha value is -2.28. The van der Waals surface area contributed by atoms with Gasteiger partial charge in [0.2, 0.25) is 0 Å². The van der Waals surface area contributed by atoms with Crippen LogP contribution in [0.2, 0.25) is 5.02 Å². The zero-order valence-corrected chi connectivity index (χ0v) is 12.6. The number of nitrogens with one attached hydrogen (secondary N) is 1. The number of rotatable bonds is 3. The van der Waals surface area contributed by atoms with Gasteiger partial charge >= 0.3 is 0 Å². The first-order valence-corrected chi connectivity index (χ1v) is 7.63. The molecule has 0 atom stereocenters. The van der Waals surface area contributed by atoms with Crippen LogP contribution in [0.4, 0.5) is 10.7 Å². The minimum Gasteiger partial charge on any atom is -0.346 e. The Morgan fingerprint density at radius 1 is 1.00 bits per heavy atom. The second-order valence-electron chi connectivity index (χ2n) is 4.46. The monoisotopic (exact) mass is 310 g/mol. The summed E-state index contributed by atoms with van der Waals surface area (Å²) in [7, 11) is 0. The summed E-state index contributed by atoms with van der Waals surface area (Å²) < 4.78 is 0. The van der Waals surface area contributed by atoms with Gasteiger partial charge in [-0.25, -0.2) is 0 Å². The molecule has 102 valence electrons. The smallest absolute Gasteiger partial charge is 0.111 e. The number of nitriles is 1. The highest BCUT2D eigenvalue weighted by molar-refractivity contribution is 7.15. The van der Waals surface area contributed by atoms with Crippen molar-refractivity contribution in [1.82, 2.24) is 0 Å². The third-order valence-electron chi connectivity index (χ3n) is 3.09. The minimum absolute atomic E-state index is 0.658. The van der Waals surface area contributed by atoms with Crippen LogP contribution in [0, 0.1) is 11.3 Å². The molecule has 0 saturated heterocycles. The number of anilines is 2. The van der Waals surface area contributed by atoms with Crippen molar-refractivity contribution >= 4 is 33.6 Å². The molecule has 1 aromatic heterocycles. The van der Waals surface area contributed by atoms with Crippen LogP contribution in [-0.4, -0.2) is 0 Å². The van der Waals surface area contributed by atoms with Crippen LogP contribution >= 0.6 is 22.9 Å². The van der Waals surface area contributed by atoms with E-state index in [1.165, 1.54) is 11.3 Å². The van der Waals surface area contributed by atoms with Gasteiger partial charge in [0.25, 0.3) is 0 Å². The molecule has 0 aliphatic heterocycles. The van der Waals surface area contributed by atoms with Crippen LogP contribution in [0.15, 0.2) is 60.0 Å². The molecule has 0 radical (unpaired) electrons. The Labute approximate surface area is 132 Å². The molecule has 0 amide bonds. The van der Waals surface area contributed by atoms with Crippen molar-refractivity contribution in [2.75, 3.05) is 5.32 Å². The largest absolute Gasteiger partial charge is 0.346 e. The molecule has 0 aliphatic carbocycles. The number of nitrogens with zero attached hydrogens (tertiary/aromatic N) is 1. The molecule has 0 bridgehead atoms. The molecule has 0 fully saturated rings. The summed E-state index contributed by atoms with van der Waals surface area (Å²) >= 11 is 7.44. The van der Waals surface area contributed by atoms with Gasteiger partial charge in [0.05, 0.1) is 5.56 Å². The third-order valence-corrected chi connectivity index (χ3v) is 4.24. The van der Waals surface area contributed by atoms with Crippen molar-refractivity contribution in [3.8, 4) is 17.2 Å². The van der Waals surface area contributed by atoms with E-state index in [1.807, 2.05) is 60.0 Å². The van der Waals surface area contributed by atoms with Gasteiger partial charge in [0.1, 0.15) is 11.1 Å². The zero-order valence-electron chi connectivity index (χ0n) is 11.0. The van der Waals surface area contributed by atoms with E-state index >= 15 is 0 Å². The van der Waals surface area contributed by atoms with Gasteiger partial charge in [-0.2, -0.15) is 5.26 Å². The first kappa shape index (κ1) is 13.7. The van der Waals surface area contributed by atoms with Gasteiger partial charge < -0.3 is 5.32 Å². The highest BCUT2D eigenvalue weighted by atomic mass is 35.5. The maximum absolute atomic E-state index is 9.47. The van der Waals surface area contributed by atoms with Crippen LogP contribution in [0.1, 0.15) is 5.56 Å². The van der Waals surface area contributed by atoms with Crippen molar-refractivity contribution in [3.05, 3.63) is 70.6 Å². The molecule has 1 N–H and O–H groups in total. The fourth-order valence-electron chi connectivity index (χ4n) is 2.06.